The maximum absolute atomic E-state index is 10.8. The van der Waals surface area contributed by atoms with Gasteiger partial charge in [-0.25, -0.2) is 0 Å². The summed E-state index contributed by atoms with van der Waals surface area (Å²) in [5.74, 6) is 0. The summed E-state index contributed by atoms with van der Waals surface area (Å²) in [7, 11) is 0. The van der Waals surface area contributed by atoms with Gasteiger partial charge in [-0.2, -0.15) is 0 Å². The molecule has 1 fully saturated rings. The second-order valence-electron chi connectivity index (χ2n) is 4.54. The van der Waals surface area contributed by atoms with E-state index >= 15 is 0 Å². The molecule has 2 rings (SSSR count). The first-order valence-corrected chi connectivity index (χ1v) is 6.79. The zero-order valence-electron chi connectivity index (χ0n) is 10.2. The van der Waals surface area contributed by atoms with Crippen LogP contribution in [0.5, 0.6) is 0 Å². The van der Waals surface area contributed by atoms with Crippen molar-refractivity contribution in [2.24, 2.45) is 0 Å². The molecule has 1 aromatic carbocycles. The number of anilines is 1. The highest BCUT2D eigenvalue weighted by Gasteiger charge is 2.17. The van der Waals surface area contributed by atoms with E-state index in [-0.39, 0.29) is 10.6 Å². The number of hydrogen-bond donors (Lipinski definition) is 2. The third-order valence-corrected chi connectivity index (χ3v) is 3.84. The number of piperidine rings is 1. The molecular formula is C12H16BrN3O2. The van der Waals surface area contributed by atoms with E-state index in [0.29, 0.717) is 11.6 Å². The van der Waals surface area contributed by atoms with E-state index in [9.17, 15) is 10.1 Å². The number of halogens is 1. The smallest absolute Gasteiger partial charge is 0.273 e. The molecule has 6 heteroatoms. The predicted molar refractivity (Wildman–Crippen MR) is 75.0 cm³/mol. The van der Waals surface area contributed by atoms with Crippen LogP contribution in [0.3, 0.4) is 0 Å². The summed E-state index contributed by atoms with van der Waals surface area (Å²) >= 11 is 3.39. The summed E-state index contributed by atoms with van der Waals surface area (Å²) in [6.07, 6.45) is 2.14. The second-order valence-corrected chi connectivity index (χ2v) is 5.40. The lowest BCUT2D eigenvalue weighted by atomic mass is 10.1. The Hall–Kier alpha value is -1.14. The van der Waals surface area contributed by atoms with Crippen molar-refractivity contribution in [3.05, 3.63) is 32.3 Å². The molecule has 0 bridgehead atoms. The molecule has 0 atom stereocenters. The molecule has 0 amide bonds. The van der Waals surface area contributed by atoms with Crippen LogP contribution in [-0.4, -0.2) is 24.1 Å². The molecule has 0 unspecified atom stereocenters. The van der Waals surface area contributed by atoms with Gasteiger partial charge in [0.05, 0.1) is 4.92 Å². The van der Waals surface area contributed by atoms with Gasteiger partial charge in [-0.3, -0.25) is 10.1 Å². The molecule has 1 aromatic rings. The van der Waals surface area contributed by atoms with Crippen molar-refractivity contribution in [1.29, 1.82) is 0 Å². The number of nitro benzene ring substituents is 1. The topological polar surface area (TPSA) is 67.2 Å². The molecule has 0 aromatic heterocycles. The fraction of sp³-hybridized carbons (Fsp3) is 0.500. The molecular weight excluding hydrogens is 298 g/mol. The van der Waals surface area contributed by atoms with Gasteiger partial charge in [0.2, 0.25) is 0 Å². The molecule has 1 saturated heterocycles. The van der Waals surface area contributed by atoms with Crippen LogP contribution in [0.1, 0.15) is 18.4 Å². The summed E-state index contributed by atoms with van der Waals surface area (Å²) in [6.45, 7) is 3.79. The minimum absolute atomic E-state index is 0.151. The number of nitrogens with zero attached hydrogens (tertiary/aromatic N) is 1. The Labute approximate surface area is 114 Å². The Morgan fingerprint density at radius 2 is 2.11 bits per heavy atom. The van der Waals surface area contributed by atoms with Gasteiger partial charge < -0.3 is 10.6 Å². The Bertz CT molecular complexity index is 459. The molecule has 0 aliphatic carbocycles. The van der Waals surface area contributed by atoms with Gasteiger partial charge >= 0.3 is 0 Å². The van der Waals surface area contributed by atoms with Crippen molar-refractivity contribution in [2.45, 2.75) is 25.8 Å². The van der Waals surface area contributed by atoms with Crippen molar-refractivity contribution < 1.29 is 4.92 Å². The van der Waals surface area contributed by atoms with Crippen molar-refractivity contribution in [3.63, 3.8) is 0 Å². The van der Waals surface area contributed by atoms with Crippen LogP contribution in [0.4, 0.5) is 11.4 Å². The fourth-order valence-corrected chi connectivity index (χ4v) is 2.61. The maximum Gasteiger partial charge on any atom is 0.273 e. The van der Waals surface area contributed by atoms with Gasteiger partial charge in [0.25, 0.3) is 5.69 Å². The van der Waals surface area contributed by atoms with Crippen LogP contribution in [0.2, 0.25) is 0 Å². The molecule has 5 nitrogen and oxygen atoms in total. The fourth-order valence-electron chi connectivity index (χ4n) is 2.16. The highest BCUT2D eigenvalue weighted by Crippen LogP contribution is 2.31. The Morgan fingerprint density at radius 3 is 2.72 bits per heavy atom. The molecule has 1 aliphatic rings. The van der Waals surface area contributed by atoms with E-state index in [1.807, 2.05) is 6.07 Å². The molecule has 98 valence electrons. The summed E-state index contributed by atoms with van der Waals surface area (Å²) in [5, 5.41) is 17.6. The highest BCUT2D eigenvalue weighted by atomic mass is 79.9. The zero-order chi connectivity index (χ0) is 13.1. The van der Waals surface area contributed by atoms with E-state index in [1.165, 1.54) is 0 Å². The van der Waals surface area contributed by atoms with Gasteiger partial charge in [-0.15, -0.1) is 0 Å². The molecule has 1 aliphatic heterocycles. The first-order chi connectivity index (χ1) is 8.58. The standard InChI is InChI=1S/C12H16BrN3O2/c1-8-6-11(10(13)7-12(8)16(17)18)15-9-2-4-14-5-3-9/h6-7,9,14-15H,2-5H2,1H3. The lowest BCUT2D eigenvalue weighted by Crippen LogP contribution is -2.35. The number of hydrogen-bond acceptors (Lipinski definition) is 4. The SMILES string of the molecule is Cc1cc(NC2CCNCC2)c(Br)cc1[N+](=O)[O-]. The number of nitrogens with one attached hydrogen (secondary N) is 2. The van der Waals surface area contributed by atoms with Crippen LogP contribution in [0.15, 0.2) is 16.6 Å². The van der Waals surface area contributed by atoms with Gasteiger partial charge in [0.15, 0.2) is 0 Å². The first-order valence-electron chi connectivity index (χ1n) is 5.99. The van der Waals surface area contributed by atoms with E-state index < -0.39 is 0 Å². The largest absolute Gasteiger partial charge is 0.381 e. The number of rotatable bonds is 3. The lowest BCUT2D eigenvalue weighted by Gasteiger charge is -2.25. The van der Waals surface area contributed by atoms with Gasteiger partial charge in [-0.1, -0.05) is 0 Å². The number of aryl methyl sites for hydroxylation is 1. The second kappa shape index (κ2) is 5.67. The molecule has 18 heavy (non-hydrogen) atoms. The normalized spacial score (nSPS) is 16.6. The van der Waals surface area contributed by atoms with Crippen LogP contribution in [0, 0.1) is 17.0 Å². The summed E-state index contributed by atoms with van der Waals surface area (Å²) < 4.78 is 0.748. The summed E-state index contributed by atoms with van der Waals surface area (Å²) in [6, 6.07) is 3.84. The average Bonchev–Trinajstić information content (AvgIpc) is 2.34. The number of benzene rings is 1. The maximum atomic E-state index is 10.8. The lowest BCUT2D eigenvalue weighted by molar-refractivity contribution is -0.385. The first kappa shape index (κ1) is 13.3. The van der Waals surface area contributed by atoms with E-state index in [2.05, 4.69) is 26.6 Å². The van der Waals surface area contributed by atoms with Crippen LogP contribution >= 0.6 is 15.9 Å². The Kier molecular flexibility index (Phi) is 4.19. The van der Waals surface area contributed by atoms with Gasteiger partial charge in [0.1, 0.15) is 0 Å². The van der Waals surface area contributed by atoms with E-state index in [0.717, 1.165) is 36.1 Å². The Morgan fingerprint density at radius 1 is 1.44 bits per heavy atom. The van der Waals surface area contributed by atoms with Crippen molar-refractivity contribution in [1.82, 2.24) is 5.32 Å². The van der Waals surface area contributed by atoms with Gasteiger partial charge in [-0.05, 0) is 54.9 Å². The molecule has 0 spiro atoms. The molecule has 1 heterocycles. The van der Waals surface area contributed by atoms with E-state index in [4.69, 9.17) is 0 Å². The summed E-state index contributed by atoms with van der Waals surface area (Å²) in [5.41, 5.74) is 1.77. The van der Waals surface area contributed by atoms with Crippen molar-refractivity contribution >= 4 is 27.3 Å². The van der Waals surface area contributed by atoms with Crippen molar-refractivity contribution in [3.8, 4) is 0 Å². The minimum Gasteiger partial charge on any atom is -0.381 e. The van der Waals surface area contributed by atoms with Crippen LogP contribution in [-0.2, 0) is 0 Å². The zero-order valence-corrected chi connectivity index (χ0v) is 11.8. The average molecular weight is 314 g/mol. The summed E-state index contributed by atoms with van der Waals surface area (Å²) in [4.78, 5) is 10.5. The highest BCUT2D eigenvalue weighted by molar-refractivity contribution is 9.10. The van der Waals surface area contributed by atoms with Crippen molar-refractivity contribution in [2.75, 3.05) is 18.4 Å². The van der Waals surface area contributed by atoms with Gasteiger partial charge in [0, 0.05) is 27.8 Å². The molecule has 2 N–H and O–H groups in total. The quantitative estimate of drug-likeness (QED) is 0.665. The Balaban J connectivity index is 2.18. The monoisotopic (exact) mass is 313 g/mol. The van der Waals surface area contributed by atoms with Crippen LogP contribution in [0.25, 0.3) is 0 Å². The third kappa shape index (κ3) is 3.00. The third-order valence-electron chi connectivity index (χ3n) is 3.18. The van der Waals surface area contributed by atoms with Crippen LogP contribution < -0.4 is 10.6 Å². The predicted octanol–water partition coefficient (Wildman–Crippen LogP) is 2.83. The molecule has 0 radical (unpaired) electrons. The van der Waals surface area contributed by atoms with E-state index in [1.54, 1.807) is 13.0 Å². The number of nitro groups is 1. The minimum atomic E-state index is -0.353. The molecule has 0 saturated carbocycles.